The average molecular weight is 289 g/mol. The summed E-state index contributed by atoms with van der Waals surface area (Å²) in [6.07, 6.45) is 3.30. The average Bonchev–Trinajstić information content (AvgIpc) is 3.31. The van der Waals surface area contributed by atoms with Crippen LogP contribution in [-0.2, 0) is 11.2 Å². The van der Waals surface area contributed by atoms with Gasteiger partial charge in [-0.3, -0.25) is 9.59 Å². The molecular formula is C16H23N3O2. The molecule has 0 saturated heterocycles. The van der Waals surface area contributed by atoms with Crippen LogP contribution >= 0.6 is 0 Å². The minimum Gasteiger partial charge on any atom is -0.355 e. The first-order chi connectivity index (χ1) is 10.2. The van der Waals surface area contributed by atoms with Gasteiger partial charge in [-0.05, 0) is 49.4 Å². The van der Waals surface area contributed by atoms with E-state index in [0.717, 1.165) is 24.4 Å². The minimum absolute atomic E-state index is 0.0260. The largest absolute Gasteiger partial charge is 0.355 e. The maximum Gasteiger partial charge on any atom is 0.251 e. The number of hydrogen-bond acceptors (Lipinski definition) is 3. The zero-order valence-electron chi connectivity index (χ0n) is 12.4. The summed E-state index contributed by atoms with van der Waals surface area (Å²) in [6.45, 7) is 1.91. The number of benzene rings is 1. The quantitative estimate of drug-likeness (QED) is 0.660. The van der Waals surface area contributed by atoms with E-state index < -0.39 is 0 Å². The van der Waals surface area contributed by atoms with E-state index in [0.29, 0.717) is 18.7 Å². The molecule has 0 unspecified atom stereocenters. The third-order valence-electron chi connectivity index (χ3n) is 3.57. The van der Waals surface area contributed by atoms with Gasteiger partial charge in [0.25, 0.3) is 5.91 Å². The lowest BCUT2D eigenvalue weighted by Crippen LogP contribution is -2.35. The van der Waals surface area contributed by atoms with E-state index in [9.17, 15) is 9.59 Å². The molecule has 3 N–H and O–H groups in total. The second-order valence-corrected chi connectivity index (χ2v) is 5.45. The van der Waals surface area contributed by atoms with Crippen LogP contribution in [0.15, 0.2) is 24.3 Å². The van der Waals surface area contributed by atoms with Crippen molar-refractivity contribution >= 4 is 11.8 Å². The van der Waals surface area contributed by atoms with Crippen LogP contribution in [-0.4, -0.2) is 38.5 Å². The van der Waals surface area contributed by atoms with E-state index >= 15 is 0 Å². The van der Waals surface area contributed by atoms with E-state index in [2.05, 4.69) is 16.0 Å². The highest BCUT2D eigenvalue weighted by atomic mass is 16.2. The van der Waals surface area contributed by atoms with E-state index in [4.69, 9.17) is 0 Å². The first-order valence-electron chi connectivity index (χ1n) is 7.47. The van der Waals surface area contributed by atoms with Gasteiger partial charge in [0.1, 0.15) is 0 Å². The van der Waals surface area contributed by atoms with Gasteiger partial charge in [-0.25, -0.2) is 0 Å². The SMILES string of the molecule is CNC(=O)c1cccc(CCNC(=O)CNCC2CC2)c1. The zero-order chi connectivity index (χ0) is 15.1. The minimum atomic E-state index is -0.0924. The summed E-state index contributed by atoms with van der Waals surface area (Å²) in [5.41, 5.74) is 1.69. The summed E-state index contributed by atoms with van der Waals surface area (Å²) in [6, 6.07) is 7.46. The van der Waals surface area contributed by atoms with Crippen molar-refractivity contribution in [2.45, 2.75) is 19.3 Å². The molecule has 5 heteroatoms. The summed E-state index contributed by atoms with van der Waals surface area (Å²) >= 11 is 0. The Morgan fingerprint density at radius 2 is 2.10 bits per heavy atom. The van der Waals surface area contributed by atoms with E-state index in [-0.39, 0.29) is 11.8 Å². The maximum atomic E-state index is 11.6. The lowest BCUT2D eigenvalue weighted by Gasteiger charge is -2.07. The summed E-state index contributed by atoms with van der Waals surface area (Å²) < 4.78 is 0. The van der Waals surface area contributed by atoms with Crippen molar-refractivity contribution in [2.75, 3.05) is 26.7 Å². The van der Waals surface area contributed by atoms with Crippen molar-refractivity contribution in [3.05, 3.63) is 35.4 Å². The van der Waals surface area contributed by atoms with Crippen molar-refractivity contribution in [1.29, 1.82) is 0 Å². The summed E-state index contributed by atoms with van der Waals surface area (Å²) in [5, 5.41) is 8.65. The Morgan fingerprint density at radius 1 is 1.29 bits per heavy atom. The molecule has 21 heavy (non-hydrogen) atoms. The van der Waals surface area contributed by atoms with Gasteiger partial charge < -0.3 is 16.0 Å². The molecule has 114 valence electrons. The molecule has 1 saturated carbocycles. The van der Waals surface area contributed by atoms with Crippen molar-refractivity contribution in [1.82, 2.24) is 16.0 Å². The number of carbonyl (C=O) groups excluding carboxylic acids is 2. The zero-order valence-corrected chi connectivity index (χ0v) is 12.4. The molecule has 0 aromatic heterocycles. The molecular weight excluding hydrogens is 266 g/mol. The number of carbonyl (C=O) groups is 2. The van der Waals surface area contributed by atoms with Gasteiger partial charge in [-0.15, -0.1) is 0 Å². The molecule has 0 aliphatic heterocycles. The van der Waals surface area contributed by atoms with Gasteiger partial charge in [-0.2, -0.15) is 0 Å². The first-order valence-corrected chi connectivity index (χ1v) is 7.47. The van der Waals surface area contributed by atoms with Gasteiger partial charge >= 0.3 is 0 Å². The van der Waals surface area contributed by atoms with Crippen LogP contribution in [0.4, 0.5) is 0 Å². The lowest BCUT2D eigenvalue weighted by molar-refractivity contribution is -0.120. The molecule has 2 amide bonds. The van der Waals surface area contributed by atoms with Crippen LogP contribution in [0.3, 0.4) is 0 Å². The third kappa shape index (κ3) is 5.55. The number of hydrogen-bond donors (Lipinski definition) is 3. The fourth-order valence-corrected chi connectivity index (χ4v) is 2.13. The first kappa shape index (κ1) is 15.5. The highest BCUT2D eigenvalue weighted by Crippen LogP contribution is 2.27. The smallest absolute Gasteiger partial charge is 0.251 e. The summed E-state index contributed by atoms with van der Waals surface area (Å²) in [4.78, 5) is 23.2. The van der Waals surface area contributed by atoms with Gasteiger partial charge in [0.15, 0.2) is 0 Å². The Kier molecular flexibility index (Phi) is 5.75. The Morgan fingerprint density at radius 3 is 2.81 bits per heavy atom. The molecule has 1 fully saturated rings. The van der Waals surface area contributed by atoms with E-state index in [1.54, 1.807) is 13.1 Å². The molecule has 0 radical (unpaired) electrons. The molecule has 5 nitrogen and oxygen atoms in total. The molecule has 0 heterocycles. The Balaban J connectivity index is 1.67. The van der Waals surface area contributed by atoms with Crippen LogP contribution in [0.25, 0.3) is 0 Å². The monoisotopic (exact) mass is 289 g/mol. The normalized spacial score (nSPS) is 13.8. The van der Waals surface area contributed by atoms with Crippen LogP contribution in [0.5, 0.6) is 0 Å². The van der Waals surface area contributed by atoms with Crippen molar-refractivity contribution in [2.24, 2.45) is 5.92 Å². The van der Waals surface area contributed by atoms with Gasteiger partial charge in [0, 0.05) is 19.2 Å². The van der Waals surface area contributed by atoms with E-state index in [1.807, 2.05) is 18.2 Å². The molecule has 1 aromatic carbocycles. The third-order valence-corrected chi connectivity index (χ3v) is 3.57. The predicted octanol–water partition coefficient (Wildman–Crippen LogP) is 0.705. The van der Waals surface area contributed by atoms with Crippen LogP contribution in [0, 0.1) is 5.92 Å². The second-order valence-electron chi connectivity index (χ2n) is 5.45. The number of rotatable bonds is 8. The second kappa shape index (κ2) is 7.78. The molecule has 0 bridgehead atoms. The summed E-state index contributed by atoms with van der Waals surface area (Å²) in [7, 11) is 1.61. The van der Waals surface area contributed by atoms with Gasteiger partial charge in [0.2, 0.25) is 5.91 Å². The highest BCUT2D eigenvalue weighted by Gasteiger charge is 2.20. The number of amides is 2. The Hall–Kier alpha value is -1.88. The standard InChI is InChI=1S/C16H23N3O2/c1-17-16(21)14-4-2-3-12(9-14)7-8-19-15(20)11-18-10-13-5-6-13/h2-4,9,13,18H,5-8,10-11H2,1H3,(H,17,21)(H,19,20). The van der Waals surface area contributed by atoms with Crippen LogP contribution < -0.4 is 16.0 Å². The van der Waals surface area contributed by atoms with Crippen molar-refractivity contribution < 1.29 is 9.59 Å². The number of nitrogens with one attached hydrogen (secondary N) is 3. The fourth-order valence-electron chi connectivity index (χ4n) is 2.13. The van der Waals surface area contributed by atoms with Gasteiger partial charge in [-0.1, -0.05) is 12.1 Å². The van der Waals surface area contributed by atoms with Crippen LogP contribution in [0.1, 0.15) is 28.8 Å². The highest BCUT2D eigenvalue weighted by molar-refractivity contribution is 5.94. The molecule has 0 spiro atoms. The molecule has 0 atom stereocenters. The van der Waals surface area contributed by atoms with Crippen molar-refractivity contribution in [3.8, 4) is 0 Å². The Bertz CT molecular complexity index is 498. The predicted molar refractivity (Wildman–Crippen MR) is 82.1 cm³/mol. The molecule has 1 aliphatic rings. The fraction of sp³-hybridized carbons (Fsp3) is 0.500. The molecule has 1 aliphatic carbocycles. The van der Waals surface area contributed by atoms with E-state index in [1.165, 1.54) is 12.8 Å². The Labute approximate surface area is 125 Å². The van der Waals surface area contributed by atoms with Crippen molar-refractivity contribution in [3.63, 3.8) is 0 Å². The van der Waals surface area contributed by atoms with Gasteiger partial charge in [0.05, 0.1) is 6.54 Å². The lowest BCUT2D eigenvalue weighted by atomic mass is 10.1. The topological polar surface area (TPSA) is 70.2 Å². The van der Waals surface area contributed by atoms with Crippen LogP contribution in [0.2, 0.25) is 0 Å². The molecule has 2 rings (SSSR count). The maximum absolute atomic E-state index is 11.6. The summed E-state index contributed by atoms with van der Waals surface area (Å²) in [5.74, 6) is 0.716. The molecule has 1 aromatic rings.